The van der Waals surface area contributed by atoms with E-state index in [1.807, 2.05) is 0 Å². The number of phenolic OH excluding ortho intramolecular Hbond substituents is 1. The summed E-state index contributed by atoms with van der Waals surface area (Å²) in [6.45, 7) is 0. The van der Waals surface area contributed by atoms with E-state index in [1.54, 1.807) is 0 Å². The monoisotopic (exact) mass is 206 g/mol. The first kappa shape index (κ1) is 9.92. The maximum absolute atomic E-state index is 12.8. The Hall–Kier alpha value is -1.16. The number of alkyl halides is 2. The van der Waals surface area contributed by atoms with Crippen molar-refractivity contribution in [3.05, 3.63) is 29.8 Å². The fourth-order valence-corrected chi connectivity index (χ4v) is 0.893. The summed E-state index contributed by atoms with van der Waals surface area (Å²) in [4.78, 5) is 10.3. The molecule has 1 rings (SSSR count). The summed E-state index contributed by atoms with van der Waals surface area (Å²) >= 11 is 4.69. The summed E-state index contributed by atoms with van der Waals surface area (Å²) in [5.41, 5.74) is -0.537. The normalized spacial score (nSPS) is 11.3. The molecule has 0 saturated carbocycles. The Kier molecular flexibility index (Phi) is 2.52. The predicted molar refractivity (Wildman–Crippen MR) is 42.9 cm³/mol. The highest BCUT2D eigenvalue weighted by atomic mass is 35.5. The maximum Gasteiger partial charge on any atom is 0.345 e. The van der Waals surface area contributed by atoms with Crippen LogP contribution in [0, 0.1) is 0 Å². The number of halogens is 3. The van der Waals surface area contributed by atoms with Crippen molar-refractivity contribution in [2.24, 2.45) is 0 Å². The van der Waals surface area contributed by atoms with E-state index in [4.69, 9.17) is 16.7 Å². The van der Waals surface area contributed by atoms with Crippen LogP contribution in [-0.4, -0.2) is 10.3 Å². The quantitative estimate of drug-likeness (QED) is 0.754. The van der Waals surface area contributed by atoms with E-state index < -0.39 is 16.7 Å². The van der Waals surface area contributed by atoms with E-state index >= 15 is 0 Å². The van der Waals surface area contributed by atoms with E-state index in [2.05, 4.69) is 0 Å². The standard InChI is InChI=1S/C8H5ClF2O2/c9-7(13)8(10,11)5-1-3-6(12)4-2-5/h1-4,12H. The Morgan fingerprint density at radius 1 is 1.31 bits per heavy atom. The zero-order chi connectivity index (χ0) is 10.1. The number of phenols is 1. The van der Waals surface area contributed by atoms with Crippen LogP contribution >= 0.6 is 11.6 Å². The van der Waals surface area contributed by atoms with Crippen LogP contribution in [0.1, 0.15) is 5.56 Å². The summed E-state index contributed by atoms with van der Waals surface area (Å²) in [7, 11) is 0. The summed E-state index contributed by atoms with van der Waals surface area (Å²) in [6, 6.07) is 4.00. The van der Waals surface area contributed by atoms with Crippen LogP contribution < -0.4 is 0 Å². The zero-order valence-corrected chi connectivity index (χ0v) is 7.05. The van der Waals surface area contributed by atoms with Crippen molar-refractivity contribution in [3.8, 4) is 5.75 Å². The van der Waals surface area contributed by atoms with Crippen molar-refractivity contribution in [1.29, 1.82) is 0 Å². The summed E-state index contributed by atoms with van der Waals surface area (Å²) < 4.78 is 25.7. The Bertz CT molecular complexity index is 321. The Labute approximate surface area is 77.8 Å². The lowest BCUT2D eigenvalue weighted by Crippen LogP contribution is -2.20. The molecule has 0 bridgehead atoms. The minimum Gasteiger partial charge on any atom is -0.508 e. The van der Waals surface area contributed by atoms with Crippen LogP contribution in [0.3, 0.4) is 0 Å². The molecule has 0 saturated heterocycles. The van der Waals surface area contributed by atoms with Gasteiger partial charge in [-0.1, -0.05) is 0 Å². The van der Waals surface area contributed by atoms with Gasteiger partial charge in [0.1, 0.15) is 5.75 Å². The van der Waals surface area contributed by atoms with Gasteiger partial charge in [0, 0.05) is 5.56 Å². The van der Waals surface area contributed by atoms with Gasteiger partial charge in [-0.05, 0) is 35.9 Å². The Balaban J connectivity index is 3.08. The van der Waals surface area contributed by atoms with Gasteiger partial charge in [-0.25, -0.2) is 0 Å². The van der Waals surface area contributed by atoms with Crippen molar-refractivity contribution in [3.63, 3.8) is 0 Å². The van der Waals surface area contributed by atoms with Gasteiger partial charge in [-0.2, -0.15) is 8.78 Å². The smallest absolute Gasteiger partial charge is 0.345 e. The Morgan fingerprint density at radius 2 is 1.77 bits per heavy atom. The summed E-state index contributed by atoms with van der Waals surface area (Å²) in [5.74, 6) is -3.85. The molecule has 0 fully saturated rings. The van der Waals surface area contributed by atoms with Crippen LogP contribution in [0.15, 0.2) is 24.3 Å². The molecule has 13 heavy (non-hydrogen) atoms. The fourth-order valence-electron chi connectivity index (χ4n) is 0.784. The molecular weight excluding hydrogens is 202 g/mol. The molecule has 1 aromatic rings. The van der Waals surface area contributed by atoms with E-state index in [9.17, 15) is 13.6 Å². The molecule has 70 valence electrons. The lowest BCUT2D eigenvalue weighted by Gasteiger charge is -2.10. The second-order valence-corrected chi connectivity index (χ2v) is 2.74. The molecule has 0 aliphatic heterocycles. The largest absolute Gasteiger partial charge is 0.508 e. The molecule has 0 spiro atoms. The molecule has 1 aromatic carbocycles. The van der Waals surface area contributed by atoms with E-state index in [0.717, 1.165) is 24.3 Å². The lowest BCUT2D eigenvalue weighted by atomic mass is 10.1. The SMILES string of the molecule is O=C(Cl)C(F)(F)c1ccc(O)cc1. The molecule has 1 N–H and O–H groups in total. The average Bonchev–Trinajstić information content (AvgIpc) is 2.04. The Morgan fingerprint density at radius 3 is 2.15 bits per heavy atom. The molecule has 5 heteroatoms. The summed E-state index contributed by atoms with van der Waals surface area (Å²) in [5, 5.41) is 7.06. The van der Waals surface area contributed by atoms with Gasteiger partial charge in [0.05, 0.1) is 0 Å². The number of rotatable bonds is 2. The molecule has 0 aliphatic carbocycles. The third-order valence-corrected chi connectivity index (χ3v) is 1.71. The van der Waals surface area contributed by atoms with Crippen LogP contribution in [0.5, 0.6) is 5.75 Å². The van der Waals surface area contributed by atoms with Gasteiger partial charge < -0.3 is 5.11 Å². The minimum atomic E-state index is -3.70. The third kappa shape index (κ3) is 1.95. The highest BCUT2D eigenvalue weighted by molar-refractivity contribution is 6.65. The van der Waals surface area contributed by atoms with E-state index in [1.165, 1.54) is 0 Å². The number of carbonyl (C=O) groups excluding carboxylic acids is 1. The van der Waals surface area contributed by atoms with Crippen molar-refractivity contribution >= 4 is 16.8 Å². The maximum atomic E-state index is 12.8. The van der Waals surface area contributed by atoms with Crippen LogP contribution in [-0.2, 0) is 10.7 Å². The molecule has 0 unspecified atom stereocenters. The molecular formula is C8H5ClF2O2. The number of carbonyl (C=O) groups is 1. The van der Waals surface area contributed by atoms with Crippen LogP contribution in [0.2, 0.25) is 0 Å². The first-order valence-electron chi connectivity index (χ1n) is 3.32. The van der Waals surface area contributed by atoms with Gasteiger partial charge in [-0.3, -0.25) is 4.79 Å². The van der Waals surface area contributed by atoms with Gasteiger partial charge in [-0.15, -0.1) is 0 Å². The van der Waals surface area contributed by atoms with Crippen LogP contribution in [0.25, 0.3) is 0 Å². The molecule has 0 atom stereocenters. The number of aromatic hydroxyl groups is 1. The van der Waals surface area contributed by atoms with E-state index in [0.29, 0.717) is 0 Å². The minimum absolute atomic E-state index is 0.151. The van der Waals surface area contributed by atoms with Crippen molar-refractivity contribution < 1.29 is 18.7 Å². The molecule has 0 amide bonds. The van der Waals surface area contributed by atoms with E-state index in [-0.39, 0.29) is 5.75 Å². The van der Waals surface area contributed by atoms with Crippen molar-refractivity contribution in [1.82, 2.24) is 0 Å². The number of benzene rings is 1. The fraction of sp³-hybridized carbons (Fsp3) is 0.125. The number of hydrogen-bond acceptors (Lipinski definition) is 2. The highest BCUT2D eigenvalue weighted by Gasteiger charge is 2.39. The molecule has 0 aliphatic rings. The average molecular weight is 207 g/mol. The van der Waals surface area contributed by atoms with Gasteiger partial charge in [0.2, 0.25) is 0 Å². The second kappa shape index (κ2) is 3.30. The summed E-state index contributed by atoms with van der Waals surface area (Å²) in [6.07, 6.45) is 0. The topological polar surface area (TPSA) is 37.3 Å². The first-order valence-corrected chi connectivity index (χ1v) is 3.69. The number of hydrogen-bond donors (Lipinski definition) is 1. The highest BCUT2D eigenvalue weighted by Crippen LogP contribution is 2.31. The molecule has 0 radical (unpaired) electrons. The van der Waals surface area contributed by atoms with Crippen molar-refractivity contribution in [2.45, 2.75) is 5.92 Å². The predicted octanol–water partition coefficient (Wildman–Crippen LogP) is 2.25. The molecule has 2 nitrogen and oxygen atoms in total. The van der Waals surface area contributed by atoms with Crippen LogP contribution in [0.4, 0.5) is 8.78 Å². The zero-order valence-electron chi connectivity index (χ0n) is 6.30. The second-order valence-electron chi connectivity index (χ2n) is 2.39. The van der Waals surface area contributed by atoms with Gasteiger partial charge >= 0.3 is 5.92 Å². The van der Waals surface area contributed by atoms with Crippen molar-refractivity contribution in [2.75, 3.05) is 0 Å². The molecule has 0 aromatic heterocycles. The van der Waals surface area contributed by atoms with Gasteiger partial charge in [0.15, 0.2) is 0 Å². The van der Waals surface area contributed by atoms with Gasteiger partial charge in [0.25, 0.3) is 5.24 Å². The lowest BCUT2D eigenvalue weighted by molar-refractivity contribution is -0.135. The molecule has 0 heterocycles. The third-order valence-electron chi connectivity index (χ3n) is 1.48. The first-order chi connectivity index (χ1) is 5.94.